The molecule has 1 heterocycles. The summed E-state index contributed by atoms with van der Waals surface area (Å²) in [7, 11) is 0. The zero-order valence-electron chi connectivity index (χ0n) is 9.73. The second-order valence-electron chi connectivity index (χ2n) is 3.96. The third kappa shape index (κ3) is 2.75. The summed E-state index contributed by atoms with van der Waals surface area (Å²) < 4.78 is 5.28. The summed E-state index contributed by atoms with van der Waals surface area (Å²) in [5, 5.41) is 11.2. The number of ether oxygens (including phenoxy) is 1. The first-order valence-electron chi connectivity index (χ1n) is 5.75. The Labute approximate surface area is 101 Å². The Morgan fingerprint density at radius 2 is 2.24 bits per heavy atom. The molecular weight excluding hydrogens is 214 g/mol. The molecule has 2 rings (SSSR count). The summed E-state index contributed by atoms with van der Waals surface area (Å²) in [6, 6.07) is 7.96. The van der Waals surface area contributed by atoms with Crippen molar-refractivity contribution >= 4 is 10.9 Å². The number of benzene rings is 1. The Morgan fingerprint density at radius 1 is 1.41 bits per heavy atom. The summed E-state index contributed by atoms with van der Waals surface area (Å²) in [4.78, 5) is 3.15. The number of aliphatic hydroxyl groups excluding tert-OH is 1. The SMILES string of the molecule is C=CCOCCC(O)c1c[nH]c2ccccc12. The first-order chi connectivity index (χ1) is 8.33. The lowest BCUT2D eigenvalue weighted by molar-refractivity contribution is 0.0964. The van der Waals surface area contributed by atoms with Gasteiger partial charge in [-0.05, 0) is 6.07 Å². The molecule has 17 heavy (non-hydrogen) atoms. The van der Waals surface area contributed by atoms with Gasteiger partial charge in [-0.3, -0.25) is 0 Å². The van der Waals surface area contributed by atoms with Gasteiger partial charge in [-0.15, -0.1) is 6.58 Å². The van der Waals surface area contributed by atoms with Crippen LogP contribution in [0.2, 0.25) is 0 Å². The van der Waals surface area contributed by atoms with Crippen molar-refractivity contribution in [3.05, 3.63) is 48.7 Å². The van der Waals surface area contributed by atoms with Gasteiger partial charge >= 0.3 is 0 Å². The summed E-state index contributed by atoms with van der Waals surface area (Å²) >= 11 is 0. The quantitative estimate of drug-likeness (QED) is 0.593. The van der Waals surface area contributed by atoms with Crippen molar-refractivity contribution < 1.29 is 9.84 Å². The molecule has 0 bridgehead atoms. The second-order valence-corrected chi connectivity index (χ2v) is 3.96. The van der Waals surface area contributed by atoms with Crippen LogP contribution in [-0.2, 0) is 4.74 Å². The highest BCUT2D eigenvalue weighted by molar-refractivity contribution is 5.83. The Bertz CT molecular complexity index is 490. The fourth-order valence-electron chi connectivity index (χ4n) is 1.89. The number of rotatable bonds is 6. The van der Waals surface area contributed by atoms with Crippen molar-refractivity contribution in [2.45, 2.75) is 12.5 Å². The predicted molar refractivity (Wildman–Crippen MR) is 68.9 cm³/mol. The van der Waals surface area contributed by atoms with Gasteiger partial charge in [0.1, 0.15) is 0 Å². The molecule has 1 atom stereocenters. The normalized spacial score (nSPS) is 12.8. The number of aliphatic hydroxyl groups is 1. The predicted octanol–water partition coefficient (Wildman–Crippen LogP) is 2.79. The van der Waals surface area contributed by atoms with Crippen LogP contribution in [0, 0.1) is 0 Å². The minimum Gasteiger partial charge on any atom is -0.388 e. The molecule has 1 aromatic heterocycles. The zero-order chi connectivity index (χ0) is 12.1. The molecule has 1 aromatic carbocycles. The molecule has 2 N–H and O–H groups in total. The fourth-order valence-corrected chi connectivity index (χ4v) is 1.89. The lowest BCUT2D eigenvalue weighted by Gasteiger charge is -2.09. The van der Waals surface area contributed by atoms with Crippen LogP contribution in [-0.4, -0.2) is 23.3 Å². The molecule has 0 fully saturated rings. The maximum Gasteiger partial charge on any atom is 0.0832 e. The number of nitrogens with one attached hydrogen (secondary N) is 1. The third-order valence-electron chi connectivity index (χ3n) is 2.75. The van der Waals surface area contributed by atoms with Crippen LogP contribution < -0.4 is 0 Å². The molecule has 0 saturated carbocycles. The molecule has 0 aliphatic carbocycles. The van der Waals surface area contributed by atoms with Gasteiger partial charge in [0.15, 0.2) is 0 Å². The number of aromatic amines is 1. The molecule has 1 unspecified atom stereocenters. The largest absolute Gasteiger partial charge is 0.388 e. The molecule has 0 aliphatic heterocycles. The molecule has 0 radical (unpaired) electrons. The Morgan fingerprint density at radius 3 is 3.06 bits per heavy atom. The molecule has 0 spiro atoms. The van der Waals surface area contributed by atoms with Crippen LogP contribution in [0.3, 0.4) is 0 Å². The lowest BCUT2D eigenvalue weighted by atomic mass is 10.1. The van der Waals surface area contributed by atoms with E-state index in [0.717, 1.165) is 16.5 Å². The van der Waals surface area contributed by atoms with Gasteiger partial charge < -0.3 is 14.8 Å². The van der Waals surface area contributed by atoms with E-state index in [9.17, 15) is 5.11 Å². The van der Waals surface area contributed by atoms with E-state index in [1.165, 1.54) is 0 Å². The molecule has 2 aromatic rings. The monoisotopic (exact) mass is 231 g/mol. The van der Waals surface area contributed by atoms with Crippen LogP contribution in [0.4, 0.5) is 0 Å². The number of para-hydroxylation sites is 1. The Hall–Kier alpha value is -1.58. The van der Waals surface area contributed by atoms with E-state index >= 15 is 0 Å². The Balaban J connectivity index is 2.03. The highest BCUT2D eigenvalue weighted by Crippen LogP contribution is 2.25. The molecule has 0 saturated heterocycles. The molecule has 90 valence electrons. The van der Waals surface area contributed by atoms with Crippen LogP contribution in [0.15, 0.2) is 43.1 Å². The van der Waals surface area contributed by atoms with Gasteiger partial charge in [-0.2, -0.15) is 0 Å². The summed E-state index contributed by atoms with van der Waals surface area (Å²) in [6.07, 6.45) is 3.67. The minimum atomic E-state index is -0.490. The highest BCUT2D eigenvalue weighted by Gasteiger charge is 2.12. The lowest BCUT2D eigenvalue weighted by Crippen LogP contribution is -2.02. The maximum absolute atomic E-state index is 10.1. The average molecular weight is 231 g/mol. The van der Waals surface area contributed by atoms with Crippen LogP contribution >= 0.6 is 0 Å². The van der Waals surface area contributed by atoms with Crippen LogP contribution in [0.25, 0.3) is 10.9 Å². The van der Waals surface area contributed by atoms with Crippen molar-refractivity contribution in [2.75, 3.05) is 13.2 Å². The number of aromatic nitrogens is 1. The smallest absolute Gasteiger partial charge is 0.0832 e. The molecule has 3 nitrogen and oxygen atoms in total. The molecule has 0 aliphatic rings. The third-order valence-corrected chi connectivity index (χ3v) is 2.75. The van der Waals surface area contributed by atoms with E-state index in [4.69, 9.17) is 4.74 Å². The van der Waals surface area contributed by atoms with Crippen molar-refractivity contribution in [3.63, 3.8) is 0 Å². The van der Waals surface area contributed by atoms with E-state index in [2.05, 4.69) is 11.6 Å². The van der Waals surface area contributed by atoms with Crippen molar-refractivity contribution in [2.24, 2.45) is 0 Å². The van der Waals surface area contributed by atoms with E-state index in [-0.39, 0.29) is 0 Å². The maximum atomic E-state index is 10.1. The van der Waals surface area contributed by atoms with Gasteiger partial charge in [0.05, 0.1) is 12.7 Å². The number of H-pyrrole nitrogens is 1. The van der Waals surface area contributed by atoms with Gasteiger partial charge in [-0.1, -0.05) is 24.3 Å². The molecule has 0 amide bonds. The number of hydrogen-bond donors (Lipinski definition) is 2. The van der Waals surface area contributed by atoms with Crippen LogP contribution in [0.1, 0.15) is 18.1 Å². The van der Waals surface area contributed by atoms with Gasteiger partial charge in [-0.25, -0.2) is 0 Å². The van der Waals surface area contributed by atoms with E-state index in [1.807, 2.05) is 30.5 Å². The van der Waals surface area contributed by atoms with Gasteiger partial charge in [0.2, 0.25) is 0 Å². The standard InChI is InChI=1S/C14H17NO2/c1-2-8-17-9-7-14(16)12-10-15-13-6-4-3-5-11(12)13/h2-6,10,14-16H,1,7-9H2. The van der Waals surface area contributed by atoms with E-state index in [1.54, 1.807) is 6.08 Å². The molecule has 3 heteroatoms. The first-order valence-corrected chi connectivity index (χ1v) is 5.75. The van der Waals surface area contributed by atoms with Crippen molar-refractivity contribution in [3.8, 4) is 0 Å². The number of hydrogen-bond acceptors (Lipinski definition) is 2. The molecular formula is C14H17NO2. The topological polar surface area (TPSA) is 45.2 Å². The minimum absolute atomic E-state index is 0.490. The summed E-state index contributed by atoms with van der Waals surface area (Å²) in [5.74, 6) is 0. The van der Waals surface area contributed by atoms with Crippen LogP contribution in [0.5, 0.6) is 0 Å². The average Bonchev–Trinajstić information content (AvgIpc) is 2.78. The van der Waals surface area contributed by atoms with E-state index in [0.29, 0.717) is 19.6 Å². The van der Waals surface area contributed by atoms with Gasteiger partial charge in [0, 0.05) is 35.7 Å². The summed E-state index contributed by atoms with van der Waals surface area (Å²) in [6.45, 7) is 4.64. The van der Waals surface area contributed by atoms with E-state index < -0.39 is 6.10 Å². The van der Waals surface area contributed by atoms with Crippen molar-refractivity contribution in [1.82, 2.24) is 4.98 Å². The first kappa shape index (κ1) is 11.9. The van der Waals surface area contributed by atoms with Gasteiger partial charge in [0.25, 0.3) is 0 Å². The zero-order valence-corrected chi connectivity index (χ0v) is 9.73. The number of fused-ring (bicyclic) bond motifs is 1. The second kappa shape index (κ2) is 5.66. The fraction of sp³-hybridized carbons (Fsp3) is 0.286. The summed E-state index contributed by atoms with van der Waals surface area (Å²) in [5.41, 5.74) is 1.98. The van der Waals surface area contributed by atoms with Crippen molar-refractivity contribution in [1.29, 1.82) is 0 Å². The Kier molecular flexibility index (Phi) is 3.96. The highest BCUT2D eigenvalue weighted by atomic mass is 16.5.